The lowest BCUT2D eigenvalue weighted by molar-refractivity contribution is 0.112. The van der Waals surface area contributed by atoms with Crippen molar-refractivity contribution < 1.29 is 4.79 Å². The maximum atomic E-state index is 11.1. The SMILES string of the molecule is Cc1cc(Br)cc2c(C=O)cn(C(C)C)c12. The lowest BCUT2D eigenvalue weighted by Gasteiger charge is -2.11. The molecule has 0 saturated heterocycles. The Labute approximate surface area is 103 Å². The van der Waals surface area contributed by atoms with E-state index in [0.717, 1.165) is 27.2 Å². The Bertz CT molecular complexity index is 555. The van der Waals surface area contributed by atoms with Gasteiger partial charge in [-0.1, -0.05) is 15.9 Å². The third-order valence-corrected chi connectivity index (χ3v) is 3.25. The first-order valence-corrected chi connectivity index (χ1v) is 6.09. The highest BCUT2D eigenvalue weighted by Crippen LogP contribution is 2.29. The van der Waals surface area contributed by atoms with Gasteiger partial charge in [0.15, 0.2) is 6.29 Å². The number of hydrogen-bond acceptors (Lipinski definition) is 1. The predicted molar refractivity (Wildman–Crippen MR) is 70.1 cm³/mol. The van der Waals surface area contributed by atoms with Gasteiger partial charge in [0.25, 0.3) is 0 Å². The molecule has 0 aliphatic heterocycles. The van der Waals surface area contributed by atoms with Crippen molar-refractivity contribution in [1.29, 1.82) is 0 Å². The zero-order valence-corrected chi connectivity index (χ0v) is 11.2. The summed E-state index contributed by atoms with van der Waals surface area (Å²) in [6, 6.07) is 4.44. The standard InChI is InChI=1S/C13H14BrNO/c1-8(2)15-6-10(7-16)12-5-11(14)4-9(3)13(12)15/h4-8H,1-3H3. The fourth-order valence-electron chi connectivity index (χ4n) is 2.08. The number of carbonyl (C=O) groups excluding carboxylic acids is 1. The lowest BCUT2D eigenvalue weighted by Crippen LogP contribution is -1.99. The van der Waals surface area contributed by atoms with Gasteiger partial charge in [-0.05, 0) is 38.5 Å². The fourth-order valence-corrected chi connectivity index (χ4v) is 2.66. The van der Waals surface area contributed by atoms with Crippen LogP contribution in [0.4, 0.5) is 0 Å². The molecule has 0 bridgehead atoms. The van der Waals surface area contributed by atoms with E-state index in [0.29, 0.717) is 6.04 Å². The summed E-state index contributed by atoms with van der Waals surface area (Å²) in [6.45, 7) is 6.31. The number of carbonyl (C=O) groups is 1. The summed E-state index contributed by atoms with van der Waals surface area (Å²) in [4.78, 5) is 11.1. The molecule has 0 aliphatic rings. The van der Waals surface area contributed by atoms with Gasteiger partial charge in [-0.2, -0.15) is 0 Å². The number of nitrogens with zero attached hydrogens (tertiary/aromatic N) is 1. The second kappa shape index (κ2) is 4.06. The average molecular weight is 280 g/mol. The highest BCUT2D eigenvalue weighted by molar-refractivity contribution is 9.10. The molecule has 2 nitrogen and oxygen atoms in total. The number of rotatable bonds is 2. The van der Waals surface area contributed by atoms with Crippen LogP contribution in [-0.4, -0.2) is 10.9 Å². The molecule has 0 radical (unpaired) electrons. The first kappa shape index (κ1) is 11.4. The summed E-state index contributed by atoms with van der Waals surface area (Å²) in [7, 11) is 0. The van der Waals surface area contributed by atoms with Gasteiger partial charge >= 0.3 is 0 Å². The molecule has 1 heterocycles. The molecular weight excluding hydrogens is 266 g/mol. The van der Waals surface area contributed by atoms with E-state index >= 15 is 0 Å². The number of aldehydes is 1. The Morgan fingerprint density at radius 3 is 2.62 bits per heavy atom. The molecule has 0 atom stereocenters. The van der Waals surface area contributed by atoms with Gasteiger partial charge in [0.2, 0.25) is 0 Å². The van der Waals surface area contributed by atoms with Crippen LogP contribution in [0.2, 0.25) is 0 Å². The van der Waals surface area contributed by atoms with E-state index in [4.69, 9.17) is 0 Å². The van der Waals surface area contributed by atoms with Crippen LogP contribution in [0.25, 0.3) is 10.9 Å². The number of hydrogen-bond donors (Lipinski definition) is 0. The first-order chi connectivity index (χ1) is 7.54. The van der Waals surface area contributed by atoms with Crippen LogP contribution in [0.15, 0.2) is 22.8 Å². The second-order valence-corrected chi connectivity index (χ2v) is 5.24. The van der Waals surface area contributed by atoms with Gasteiger partial charge < -0.3 is 4.57 Å². The largest absolute Gasteiger partial charge is 0.344 e. The van der Waals surface area contributed by atoms with Crippen LogP contribution in [0.5, 0.6) is 0 Å². The van der Waals surface area contributed by atoms with Gasteiger partial charge in [-0.25, -0.2) is 0 Å². The third-order valence-electron chi connectivity index (χ3n) is 2.80. The van der Waals surface area contributed by atoms with E-state index in [2.05, 4.69) is 47.3 Å². The molecule has 2 rings (SSSR count). The Morgan fingerprint density at radius 2 is 2.06 bits per heavy atom. The first-order valence-electron chi connectivity index (χ1n) is 5.30. The van der Waals surface area contributed by atoms with Gasteiger partial charge in [-0.3, -0.25) is 4.79 Å². The molecule has 3 heteroatoms. The minimum Gasteiger partial charge on any atom is -0.344 e. The lowest BCUT2D eigenvalue weighted by atomic mass is 10.1. The fraction of sp³-hybridized carbons (Fsp3) is 0.308. The molecule has 0 saturated carbocycles. The van der Waals surface area contributed by atoms with Crippen molar-refractivity contribution in [2.24, 2.45) is 0 Å². The summed E-state index contributed by atoms with van der Waals surface area (Å²) >= 11 is 3.47. The maximum absolute atomic E-state index is 11.1. The van der Waals surface area contributed by atoms with Gasteiger partial charge in [-0.15, -0.1) is 0 Å². The molecular formula is C13H14BrNO. The maximum Gasteiger partial charge on any atom is 0.152 e. The summed E-state index contributed by atoms with van der Waals surface area (Å²) in [5.41, 5.74) is 3.10. The van der Waals surface area contributed by atoms with E-state index in [1.54, 1.807) is 0 Å². The normalized spacial score (nSPS) is 11.3. The van der Waals surface area contributed by atoms with Crippen LogP contribution < -0.4 is 0 Å². The van der Waals surface area contributed by atoms with E-state index in [1.807, 2.05) is 12.3 Å². The molecule has 0 spiro atoms. The zero-order chi connectivity index (χ0) is 11.9. The summed E-state index contributed by atoms with van der Waals surface area (Å²) in [6.07, 6.45) is 2.86. The van der Waals surface area contributed by atoms with Crippen molar-refractivity contribution in [3.05, 3.63) is 33.9 Å². The Morgan fingerprint density at radius 1 is 1.38 bits per heavy atom. The Hall–Kier alpha value is -1.09. The van der Waals surface area contributed by atoms with Crippen LogP contribution >= 0.6 is 15.9 Å². The Balaban J connectivity index is 2.90. The van der Waals surface area contributed by atoms with Crippen molar-refractivity contribution in [3.63, 3.8) is 0 Å². The monoisotopic (exact) mass is 279 g/mol. The summed E-state index contributed by atoms with van der Waals surface area (Å²) < 4.78 is 3.17. The summed E-state index contributed by atoms with van der Waals surface area (Å²) in [5, 5.41) is 1.02. The van der Waals surface area contributed by atoms with E-state index < -0.39 is 0 Å². The molecule has 16 heavy (non-hydrogen) atoms. The molecule has 0 N–H and O–H groups in total. The number of aromatic nitrogens is 1. The van der Waals surface area contributed by atoms with E-state index in [9.17, 15) is 4.79 Å². The molecule has 0 amide bonds. The summed E-state index contributed by atoms with van der Waals surface area (Å²) in [5.74, 6) is 0. The average Bonchev–Trinajstić information content (AvgIpc) is 2.56. The smallest absolute Gasteiger partial charge is 0.152 e. The number of benzene rings is 1. The molecule has 1 aromatic heterocycles. The highest BCUT2D eigenvalue weighted by atomic mass is 79.9. The highest BCUT2D eigenvalue weighted by Gasteiger charge is 2.12. The van der Waals surface area contributed by atoms with E-state index in [1.165, 1.54) is 5.56 Å². The van der Waals surface area contributed by atoms with Gasteiger partial charge in [0, 0.05) is 27.7 Å². The van der Waals surface area contributed by atoms with Crippen molar-refractivity contribution in [3.8, 4) is 0 Å². The minimum absolute atomic E-state index is 0.357. The second-order valence-electron chi connectivity index (χ2n) is 4.32. The van der Waals surface area contributed by atoms with Crippen molar-refractivity contribution >= 4 is 33.1 Å². The minimum atomic E-state index is 0.357. The van der Waals surface area contributed by atoms with Crippen LogP contribution in [-0.2, 0) is 0 Å². The molecule has 0 fully saturated rings. The molecule has 84 valence electrons. The topological polar surface area (TPSA) is 22.0 Å². The number of aryl methyl sites for hydroxylation is 1. The van der Waals surface area contributed by atoms with Crippen molar-refractivity contribution in [2.75, 3.05) is 0 Å². The van der Waals surface area contributed by atoms with Crippen LogP contribution in [0, 0.1) is 6.92 Å². The Kier molecular flexibility index (Phi) is 2.89. The number of halogens is 1. The van der Waals surface area contributed by atoms with Gasteiger partial charge in [0.05, 0.1) is 5.52 Å². The quantitative estimate of drug-likeness (QED) is 0.759. The van der Waals surface area contributed by atoms with Crippen molar-refractivity contribution in [2.45, 2.75) is 26.8 Å². The molecule has 0 unspecified atom stereocenters. The molecule has 2 aromatic rings. The van der Waals surface area contributed by atoms with Crippen LogP contribution in [0.3, 0.4) is 0 Å². The zero-order valence-electron chi connectivity index (χ0n) is 9.62. The van der Waals surface area contributed by atoms with E-state index in [-0.39, 0.29) is 0 Å². The third kappa shape index (κ3) is 1.69. The predicted octanol–water partition coefficient (Wildman–Crippen LogP) is 4.11. The number of fused-ring (bicyclic) bond motifs is 1. The van der Waals surface area contributed by atoms with Gasteiger partial charge in [0.1, 0.15) is 0 Å². The molecule has 1 aromatic carbocycles. The molecule has 0 aliphatic carbocycles. The van der Waals surface area contributed by atoms with Crippen LogP contribution in [0.1, 0.15) is 35.8 Å². The van der Waals surface area contributed by atoms with Crippen molar-refractivity contribution in [1.82, 2.24) is 4.57 Å².